The van der Waals surface area contributed by atoms with Gasteiger partial charge in [0.15, 0.2) is 0 Å². The molecule has 0 rings (SSSR count). The van der Waals surface area contributed by atoms with Crippen LogP contribution >= 0.6 is 0 Å². The van der Waals surface area contributed by atoms with Gasteiger partial charge in [0.2, 0.25) is 0 Å². The van der Waals surface area contributed by atoms with E-state index in [1.54, 1.807) is 27.7 Å². The smallest absolute Gasteiger partial charge is 0.126 e. The SMILES string of the molecule is COOC(C)(C)C(C)(C)O. The van der Waals surface area contributed by atoms with E-state index in [2.05, 4.69) is 4.89 Å². The van der Waals surface area contributed by atoms with Gasteiger partial charge in [0.1, 0.15) is 5.60 Å². The predicted molar refractivity (Wildman–Crippen MR) is 38.5 cm³/mol. The van der Waals surface area contributed by atoms with Gasteiger partial charge in [-0.25, -0.2) is 9.78 Å². The summed E-state index contributed by atoms with van der Waals surface area (Å²) in [6, 6.07) is 0. The second kappa shape index (κ2) is 2.86. The van der Waals surface area contributed by atoms with E-state index in [-0.39, 0.29) is 0 Å². The lowest BCUT2D eigenvalue weighted by atomic mass is 9.90. The van der Waals surface area contributed by atoms with Crippen LogP contribution < -0.4 is 0 Å². The molecule has 0 atom stereocenters. The molecule has 3 nitrogen and oxygen atoms in total. The van der Waals surface area contributed by atoms with Crippen LogP contribution in [-0.2, 0) is 9.78 Å². The van der Waals surface area contributed by atoms with E-state index in [0.717, 1.165) is 0 Å². The van der Waals surface area contributed by atoms with Crippen molar-refractivity contribution in [2.45, 2.75) is 38.9 Å². The van der Waals surface area contributed by atoms with Crippen molar-refractivity contribution in [3.05, 3.63) is 0 Å². The van der Waals surface area contributed by atoms with Crippen LogP contribution in [0.4, 0.5) is 0 Å². The molecule has 0 aromatic heterocycles. The first-order chi connectivity index (χ1) is 4.31. The first kappa shape index (κ1) is 9.88. The van der Waals surface area contributed by atoms with Crippen molar-refractivity contribution in [2.75, 3.05) is 7.11 Å². The molecule has 0 aromatic carbocycles. The summed E-state index contributed by atoms with van der Waals surface area (Å²) >= 11 is 0. The van der Waals surface area contributed by atoms with Gasteiger partial charge >= 0.3 is 0 Å². The molecule has 0 unspecified atom stereocenters. The minimum Gasteiger partial charge on any atom is -0.387 e. The number of hydrogen-bond acceptors (Lipinski definition) is 3. The van der Waals surface area contributed by atoms with Gasteiger partial charge in [-0.15, -0.1) is 0 Å². The maximum absolute atomic E-state index is 9.47. The zero-order valence-corrected chi connectivity index (χ0v) is 7.26. The van der Waals surface area contributed by atoms with Gasteiger partial charge in [0.05, 0.1) is 12.7 Å². The Morgan fingerprint density at radius 1 is 1.10 bits per heavy atom. The molecule has 0 aliphatic carbocycles. The molecule has 0 aliphatic heterocycles. The summed E-state index contributed by atoms with van der Waals surface area (Å²) in [5.41, 5.74) is -1.58. The molecule has 62 valence electrons. The molecule has 0 bridgehead atoms. The second-order valence-corrected chi connectivity index (χ2v) is 3.32. The molecule has 0 amide bonds. The minimum atomic E-state index is -0.900. The third-order valence-corrected chi connectivity index (χ3v) is 1.77. The molecule has 0 fully saturated rings. The van der Waals surface area contributed by atoms with E-state index in [1.807, 2.05) is 0 Å². The molecule has 0 aromatic rings. The van der Waals surface area contributed by atoms with Crippen LogP contribution in [0.1, 0.15) is 27.7 Å². The van der Waals surface area contributed by atoms with Crippen molar-refractivity contribution in [1.82, 2.24) is 0 Å². The largest absolute Gasteiger partial charge is 0.387 e. The highest BCUT2D eigenvalue weighted by atomic mass is 17.2. The number of rotatable bonds is 3. The average molecular weight is 148 g/mol. The topological polar surface area (TPSA) is 38.7 Å². The Balaban J connectivity index is 4.10. The summed E-state index contributed by atoms with van der Waals surface area (Å²) in [5, 5.41) is 9.47. The summed E-state index contributed by atoms with van der Waals surface area (Å²) < 4.78 is 0. The third kappa shape index (κ3) is 2.25. The van der Waals surface area contributed by atoms with Gasteiger partial charge in [-0.3, -0.25) is 0 Å². The molecule has 1 N–H and O–H groups in total. The fourth-order valence-electron chi connectivity index (χ4n) is 0.310. The van der Waals surface area contributed by atoms with Crippen LogP contribution in [0.2, 0.25) is 0 Å². The van der Waals surface area contributed by atoms with Crippen LogP contribution in [0.25, 0.3) is 0 Å². The van der Waals surface area contributed by atoms with E-state index >= 15 is 0 Å². The highest BCUT2D eigenvalue weighted by Gasteiger charge is 2.37. The van der Waals surface area contributed by atoms with E-state index in [0.29, 0.717) is 0 Å². The van der Waals surface area contributed by atoms with Crippen molar-refractivity contribution >= 4 is 0 Å². The Labute approximate surface area is 61.9 Å². The van der Waals surface area contributed by atoms with Crippen LogP contribution in [0.3, 0.4) is 0 Å². The Bertz CT molecular complexity index is 102. The van der Waals surface area contributed by atoms with Crippen molar-refractivity contribution in [1.29, 1.82) is 0 Å². The molecule has 0 saturated carbocycles. The molecule has 0 spiro atoms. The average Bonchev–Trinajstić information content (AvgIpc) is 1.61. The van der Waals surface area contributed by atoms with E-state index in [1.165, 1.54) is 7.11 Å². The molecular weight excluding hydrogens is 132 g/mol. The van der Waals surface area contributed by atoms with Gasteiger partial charge in [-0.05, 0) is 27.7 Å². The summed E-state index contributed by atoms with van der Waals surface area (Å²) in [5.74, 6) is 0. The molecule has 0 heterocycles. The van der Waals surface area contributed by atoms with E-state index in [4.69, 9.17) is 4.89 Å². The summed E-state index contributed by atoms with van der Waals surface area (Å²) in [6.45, 7) is 6.87. The fraction of sp³-hybridized carbons (Fsp3) is 1.00. The highest BCUT2D eigenvalue weighted by molar-refractivity contribution is 4.85. The van der Waals surface area contributed by atoms with Crippen molar-refractivity contribution in [2.24, 2.45) is 0 Å². The van der Waals surface area contributed by atoms with Crippen LogP contribution in [0, 0.1) is 0 Å². The second-order valence-electron chi connectivity index (χ2n) is 3.32. The molecule has 10 heavy (non-hydrogen) atoms. The van der Waals surface area contributed by atoms with Gasteiger partial charge in [-0.1, -0.05) is 0 Å². The Kier molecular flexibility index (Phi) is 2.83. The number of aliphatic hydroxyl groups is 1. The fourth-order valence-corrected chi connectivity index (χ4v) is 0.310. The first-order valence-electron chi connectivity index (χ1n) is 3.25. The van der Waals surface area contributed by atoms with Crippen LogP contribution in [-0.4, -0.2) is 23.4 Å². The first-order valence-corrected chi connectivity index (χ1v) is 3.25. The third-order valence-electron chi connectivity index (χ3n) is 1.77. The maximum atomic E-state index is 9.47. The van der Waals surface area contributed by atoms with Gasteiger partial charge in [-0.2, -0.15) is 0 Å². The summed E-state index contributed by atoms with van der Waals surface area (Å²) in [6.07, 6.45) is 0. The van der Waals surface area contributed by atoms with E-state index in [9.17, 15) is 5.11 Å². The lowest BCUT2D eigenvalue weighted by molar-refractivity contribution is -0.366. The van der Waals surface area contributed by atoms with Crippen molar-refractivity contribution in [3.8, 4) is 0 Å². The Hall–Kier alpha value is -0.120. The zero-order chi connectivity index (χ0) is 8.41. The minimum absolute atomic E-state index is 0.679. The normalized spacial score (nSPS) is 13.8. The molecule has 0 saturated heterocycles. The quantitative estimate of drug-likeness (QED) is 0.481. The monoisotopic (exact) mass is 148 g/mol. The lowest BCUT2D eigenvalue weighted by Crippen LogP contribution is -2.47. The van der Waals surface area contributed by atoms with Gasteiger partial charge in [0.25, 0.3) is 0 Å². The highest BCUT2D eigenvalue weighted by Crippen LogP contribution is 2.24. The molecule has 0 aliphatic rings. The Morgan fingerprint density at radius 3 is 1.60 bits per heavy atom. The molecule has 0 radical (unpaired) electrons. The maximum Gasteiger partial charge on any atom is 0.126 e. The van der Waals surface area contributed by atoms with Crippen LogP contribution in [0.5, 0.6) is 0 Å². The lowest BCUT2D eigenvalue weighted by Gasteiger charge is -2.34. The van der Waals surface area contributed by atoms with Gasteiger partial charge in [0, 0.05) is 0 Å². The van der Waals surface area contributed by atoms with Gasteiger partial charge < -0.3 is 5.11 Å². The zero-order valence-electron chi connectivity index (χ0n) is 7.26. The summed E-state index contributed by atoms with van der Waals surface area (Å²) in [4.78, 5) is 9.32. The predicted octanol–water partition coefficient (Wildman–Crippen LogP) is 1.11. The Morgan fingerprint density at radius 2 is 1.50 bits per heavy atom. The summed E-state index contributed by atoms with van der Waals surface area (Å²) in [7, 11) is 1.42. The molecule has 3 heteroatoms. The van der Waals surface area contributed by atoms with Crippen molar-refractivity contribution in [3.63, 3.8) is 0 Å². The van der Waals surface area contributed by atoms with E-state index < -0.39 is 11.2 Å². The number of hydrogen-bond donors (Lipinski definition) is 1. The molecular formula is C7H16O3. The van der Waals surface area contributed by atoms with Crippen molar-refractivity contribution < 1.29 is 14.9 Å². The van der Waals surface area contributed by atoms with Crippen LogP contribution in [0.15, 0.2) is 0 Å². The standard InChI is InChI=1S/C7H16O3/c1-6(2,8)7(3,4)10-9-5/h8H,1-5H3.